The highest BCUT2D eigenvalue weighted by atomic mass is 32.2. The van der Waals surface area contributed by atoms with Gasteiger partial charge in [-0.2, -0.15) is 0 Å². The van der Waals surface area contributed by atoms with Crippen LogP contribution in [0, 0.1) is 6.92 Å². The van der Waals surface area contributed by atoms with Crippen LogP contribution in [-0.4, -0.2) is 28.8 Å². The van der Waals surface area contributed by atoms with Gasteiger partial charge in [0, 0.05) is 17.7 Å². The quantitative estimate of drug-likeness (QED) is 0.484. The van der Waals surface area contributed by atoms with Gasteiger partial charge in [0.05, 0.1) is 6.61 Å². The van der Waals surface area contributed by atoms with E-state index < -0.39 is 0 Å². The third-order valence-corrected chi connectivity index (χ3v) is 3.02. The molecule has 0 fully saturated rings. The van der Waals surface area contributed by atoms with Crippen LogP contribution in [-0.2, 0) is 16.0 Å². The predicted octanol–water partition coefficient (Wildman–Crippen LogP) is 1.69. The van der Waals surface area contributed by atoms with Crippen molar-refractivity contribution < 1.29 is 9.53 Å². The molecular formula is C12H18N2O3S. The molecule has 0 radical (unpaired) electrons. The fourth-order valence-electron chi connectivity index (χ4n) is 1.49. The van der Waals surface area contributed by atoms with Crippen molar-refractivity contribution in [2.45, 2.75) is 38.3 Å². The number of aromatic amines is 1. The Hall–Kier alpha value is -1.30. The second kappa shape index (κ2) is 7.20. The molecule has 5 nitrogen and oxygen atoms in total. The van der Waals surface area contributed by atoms with E-state index in [4.69, 9.17) is 4.74 Å². The molecule has 0 aromatic carbocycles. The number of nitrogens with zero attached hydrogens (tertiary/aromatic N) is 1. The number of thioether (sulfide) groups is 1. The van der Waals surface area contributed by atoms with Crippen molar-refractivity contribution in [2.75, 3.05) is 12.9 Å². The first-order chi connectivity index (χ1) is 8.58. The lowest BCUT2D eigenvalue weighted by Gasteiger charge is -2.06. The van der Waals surface area contributed by atoms with E-state index in [0.717, 1.165) is 6.42 Å². The molecule has 0 spiro atoms. The Morgan fingerprint density at radius 1 is 1.50 bits per heavy atom. The van der Waals surface area contributed by atoms with Crippen LogP contribution in [0.5, 0.6) is 0 Å². The minimum atomic E-state index is -0.274. The van der Waals surface area contributed by atoms with Gasteiger partial charge in [0.15, 0.2) is 5.16 Å². The van der Waals surface area contributed by atoms with Gasteiger partial charge in [0.1, 0.15) is 0 Å². The summed E-state index contributed by atoms with van der Waals surface area (Å²) < 4.78 is 4.96. The minimum Gasteiger partial charge on any atom is -0.466 e. The van der Waals surface area contributed by atoms with Gasteiger partial charge in [0.2, 0.25) is 0 Å². The van der Waals surface area contributed by atoms with Gasteiger partial charge in [0.25, 0.3) is 5.56 Å². The molecular weight excluding hydrogens is 252 g/mol. The number of hydrogen-bond acceptors (Lipinski definition) is 5. The summed E-state index contributed by atoms with van der Waals surface area (Å²) in [5.74, 6) is -0.274. The van der Waals surface area contributed by atoms with Gasteiger partial charge in [-0.1, -0.05) is 18.7 Å². The van der Waals surface area contributed by atoms with E-state index in [0.29, 0.717) is 29.4 Å². The lowest BCUT2D eigenvalue weighted by atomic mass is 10.1. The maximum absolute atomic E-state index is 11.8. The number of aryl methyl sites for hydroxylation is 1. The summed E-state index contributed by atoms with van der Waals surface area (Å²) in [6, 6.07) is 0. The van der Waals surface area contributed by atoms with Crippen LogP contribution >= 0.6 is 11.8 Å². The lowest BCUT2D eigenvalue weighted by molar-refractivity contribution is -0.143. The molecule has 0 atom stereocenters. The molecule has 1 heterocycles. The highest BCUT2D eigenvalue weighted by Crippen LogP contribution is 2.09. The van der Waals surface area contributed by atoms with E-state index in [1.54, 1.807) is 6.92 Å². The normalized spacial score (nSPS) is 10.4. The maximum Gasteiger partial charge on any atom is 0.306 e. The van der Waals surface area contributed by atoms with E-state index >= 15 is 0 Å². The summed E-state index contributed by atoms with van der Waals surface area (Å²) in [4.78, 5) is 30.1. The summed E-state index contributed by atoms with van der Waals surface area (Å²) in [5, 5.41) is 0.592. The van der Waals surface area contributed by atoms with E-state index in [2.05, 4.69) is 9.97 Å². The molecule has 0 saturated carbocycles. The van der Waals surface area contributed by atoms with Gasteiger partial charge < -0.3 is 9.72 Å². The molecule has 0 aliphatic carbocycles. The first-order valence-electron chi connectivity index (χ1n) is 5.87. The van der Waals surface area contributed by atoms with E-state index in [1.165, 1.54) is 11.8 Å². The first-order valence-corrected chi connectivity index (χ1v) is 7.10. The van der Waals surface area contributed by atoms with Crippen LogP contribution in [0.3, 0.4) is 0 Å². The second-order valence-corrected chi connectivity index (χ2v) is 4.65. The average Bonchev–Trinajstić information content (AvgIpc) is 2.34. The Labute approximate surface area is 110 Å². The Balaban J connectivity index is 2.68. The molecule has 0 aliphatic rings. The number of rotatable bonds is 6. The first kappa shape index (κ1) is 14.8. The van der Waals surface area contributed by atoms with Crippen molar-refractivity contribution in [3.63, 3.8) is 0 Å². The molecule has 100 valence electrons. The molecule has 0 aliphatic heterocycles. The molecule has 0 bridgehead atoms. The van der Waals surface area contributed by atoms with Crippen molar-refractivity contribution in [1.29, 1.82) is 0 Å². The molecule has 0 saturated heterocycles. The number of aromatic nitrogens is 2. The zero-order valence-corrected chi connectivity index (χ0v) is 11.7. The number of carbonyl (C=O) groups excluding carboxylic acids is 1. The Bertz CT molecular complexity index is 471. The minimum absolute atomic E-state index is 0.171. The van der Waals surface area contributed by atoms with Gasteiger partial charge in [-0.15, -0.1) is 0 Å². The van der Waals surface area contributed by atoms with E-state index in [1.807, 2.05) is 13.2 Å². The Kier molecular flexibility index (Phi) is 5.91. The van der Waals surface area contributed by atoms with Crippen LogP contribution in [0.1, 0.15) is 31.0 Å². The van der Waals surface area contributed by atoms with E-state index in [9.17, 15) is 9.59 Å². The van der Waals surface area contributed by atoms with Crippen LogP contribution in [0.25, 0.3) is 0 Å². The summed E-state index contributed by atoms with van der Waals surface area (Å²) in [6.07, 6.45) is 3.23. The number of nitrogens with one attached hydrogen (secondary N) is 1. The number of esters is 1. The summed E-state index contributed by atoms with van der Waals surface area (Å²) in [5.41, 5.74) is 1.06. The van der Waals surface area contributed by atoms with Crippen molar-refractivity contribution in [3.05, 3.63) is 21.6 Å². The van der Waals surface area contributed by atoms with Crippen LogP contribution < -0.4 is 5.56 Å². The third-order valence-electron chi connectivity index (χ3n) is 2.44. The highest BCUT2D eigenvalue weighted by Gasteiger charge is 2.10. The number of H-pyrrole nitrogens is 1. The molecule has 1 aromatic rings. The average molecular weight is 270 g/mol. The summed E-state index contributed by atoms with van der Waals surface area (Å²) >= 11 is 1.38. The molecule has 6 heteroatoms. The van der Waals surface area contributed by atoms with Crippen molar-refractivity contribution in [1.82, 2.24) is 9.97 Å². The fraction of sp³-hybridized carbons (Fsp3) is 0.583. The van der Waals surface area contributed by atoms with Gasteiger partial charge in [-0.05, 0) is 26.0 Å². The largest absolute Gasteiger partial charge is 0.466 e. The maximum atomic E-state index is 11.8. The van der Waals surface area contributed by atoms with Crippen LogP contribution in [0.2, 0.25) is 0 Å². The zero-order chi connectivity index (χ0) is 13.5. The van der Waals surface area contributed by atoms with Crippen LogP contribution in [0.15, 0.2) is 9.95 Å². The second-order valence-electron chi connectivity index (χ2n) is 3.86. The standard InChI is InChI=1S/C12H18N2O3S/c1-4-7-17-10(15)6-5-9-8(2)13-12(18-3)14-11(9)16/h4-7H2,1-3H3,(H,13,14,16). The van der Waals surface area contributed by atoms with E-state index in [-0.39, 0.29) is 17.9 Å². The number of ether oxygens (including phenoxy) is 1. The highest BCUT2D eigenvalue weighted by molar-refractivity contribution is 7.98. The van der Waals surface area contributed by atoms with Crippen molar-refractivity contribution in [3.8, 4) is 0 Å². The van der Waals surface area contributed by atoms with Gasteiger partial charge >= 0.3 is 5.97 Å². The number of carbonyl (C=O) groups is 1. The lowest BCUT2D eigenvalue weighted by Crippen LogP contribution is -2.19. The Morgan fingerprint density at radius 2 is 2.22 bits per heavy atom. The Morgan fingerprint density at radius 3 is 2.78 bits per heavy atom. The smallest absolute Gasteiger partial charge is 0.306 e. The topological polar surface area (TPSA) is 72.0 Å². The fourth-order valence-corrected chi connectivity index (χ4v) is 1.91. The number of hydrogen-bond donors (Lipinski definition) is 1. The van der Waals surface area contributed by atoms with Crippen molar-refractivity contribution in [2.24, 2.45) is 0 Å². The molecule has 0 unspecified atom stereocenters. The van der Waals surface area contributed by atoms with Crippen molar-refractivity contribution >= 4 is 17.7 Å². The van der Waals surface area contributed by atoms with Crippen LogP contribution in [0.4, 0.5) is 0 Å². The van der Waals surface area contributed by atoms with Gasteiger partial charge in [-0.25, -0.2) is 4.98 Å². The SMILES string of the molecule is CCCOC(=O)CCc1c(C)nc(SC)[nH]c1=O. The molecule has 0 amide bonds. The molecule has 1 N–H and O–H groups in total. The molecule has 1 rings (SSSR count). The van der Waals surface area contributed by atoms with Gasteiger partial charge in [-0.3, -0.25) is 9.59 Å². The monoisotopic (exact) mass is 270 g/mol. The third kappa shape index (κ3) is 4.18. The summed E-state index contributed by atoms with van der Waals surface area (Å²) in [7, 11) is 0. The summed E-state index contributed by atoms with van der Waals surface area (Å²) in [6.45, 7) is 4.15. The molecule has 18 heavy (non-hydrogen) atoms. The predicted molar refractivity (Wildman–Crippen MR) is 70.9 cm³/mol. The zero-order valence-electron chi connectivity index (χ0n) is 10.9. The molecule has 1 aromatic heterocycles.